The van der Waals surface area contributed by atoms with Crippen LogP contribution in [-0.2, 0) is 18.4 Å². The van der Waals surface area contributed by atoms with Crippen LogP contribution in [0.1, 0.15) is 168 Å². The number of carbonyl (C=O) groups is 1. The number of unbranched alkanes of at least 4 members (excludes halogenated alkanes) is 20. The predicted octanol–water partition coefficient (Wildman–Crippen LogP) is 9.44. The molecule has 45 heavy (non-hydrogen) atoms. The molecule has 0 aromatic heterocycles. The number of aliphatic hydroxyl groups is 1. The monoisotopic (exact) mass is 659 g/mol. The summed E-state index contributed by atoms with van der Waals surface area (Å²) in [5, 5.41) is 13.5. The molecular weight excluding hydrogens is 587 g/mol. The first-order valence-electron chi connectivity index (χ1n) is 18.5. The zero-order valence-corrected chi connectivity index (χ0v) is 30.0. The van der Waals surface area contributed by atoms with Gasteiger partial charge in [-0.1, -0.05) is 141 Å². The van der Waals surface area contributed by atoms with Crippen molar-refractivity contribution in [1.29, 1.82) is 0 Å². The molecule has 0 fully saturated rings. The van der Waals surface area contributed by atoms with Gasteiger partial charge in [0.2, 0.25) is 5.91 Å². The second kappa shape index (κ2) is 32.9. The molecule has 8 nitrogen and oxygen atoms in total. The molecule has 0 saturated carbocycles. The number of nitrogens with one attached hydrogen (secondary N) is 1. The van der Waals surface area contributed by atoms with Crippen LogP contribution in [0, 0.1) is 0 Å². The largest absolute Gasteiger partial charge is 0.472 e. The van der Waals surface area contributed by atoms with Crippen molar-refractivity contribution in [2.45, 2.75) is 180 Å². The van der Waals surface area contributed by atoms with E-state index in [2.05, 4.69) is 31.3 Å². The minimum atomic E-state index is -4.32. The molecule has 0 aromatic rings. The molecule has 5 N–H and O–H groups in total. The second-order valence-electron chi connectivity index (χ2n) is 12.4. The van der Waals surface area contributed by atoms with Gasteiger partial charge in [0.15, 0.2) is 0 Å². The number of nitrogens with two attached hydrogens (primary N) is 1. The van der Waals surface area contributed by atoms with Crippen LogP contribution in [0.4, 0.5) is 0 Å². The van der Waals surface area contributed by atoms with E-state index in [1.807, 2.05) is 6.08 Å². The van der Waals surface area contributed by atoms with E-state index in [1.165, 1.54) is 109 Å². The standard InChI is InChI=1S/C36H71N2O6P/c1-3-5-7-9-11-12-13-14-15-16-17-18-19-20-21-22-24-26-28-30-36(40)38-34(33-44-45(41,42)43-32-31-37)35(39)29-27-25-23-10-8-6-4-2/h14-15,27,29,34-35,39H,3-13,16-26,28,30-33,37H2,1-2H3,(H,38,40)(H,41,42)/b15-14-,29-27+. The Kier molecular flexibility index (Phi) is 32.2. The minimum Gasteiger partial charge on any atom is -0.387 e. The molecule has 0 bridgehead atoms. The summed E-state index contributed by atoms with van der Waals surface area (Å²) in [5.41, 5.74) is 5.33. The van der Waals surface area contributed by atoms with Gasteiger partial charge in [0.05, 0.1) is 25.4 Å². The number of aliphatic hydroxyl groups excluding tert-OH is 1. The van der Waals surface area contributed by atoms with Crippen LogP contribution in [-0.4, -0.2) is 47.8 Å². The lowest BCUT2D eigenvalue weighted by atomic mass is 10.0. The number of amides is 1. The molecule has 1 amide bonds. The molecule has 0 spiro atoms. The van der Waals surface area contributed by atoms with Crippen molar-refractivity contribution >= 4 is 13.7 Å². The van der Waals surface area contributed by atoms with Gasteiger partial charge in [-0.05, 0) is 44.9 Å². The van der Waals surface area contributed by atoms with Crippen molar-refractivity contribution in [3.05, 3.63) is 24.3 Å². The number of rotatable bonds is 34. The van der Waals surface area contributed by atoms with Gasteiger partial charge in [-0.2, -0.15) is 0 Å². The van der Waals surface area contributed by atoms with Crippen molar-refractivity contribution < 1.29 is 28.4 Å². The maximum absolute atomic E-state index is 12.6. The molecule has 0 aliphatic rings. The topological polar surface area (TPSA) is 131 Å². The highest BCUT2D eigenvalue weighted by atomic mass is 31.2. The predicted molar refractivity (Wildman–Crippen MR) is 189 cm³/mol. The Balaban J connectivity index is 4.12. The number of allylic oxidation sites excluding steroid dienone is 3. The Morgan fingerprint density at radius 1 is 0.711 bits per heavy atom. The summed E-state index contributed by atoms with van der Waals surface area (Å²) < 4.78 is 21.9. The highest BCUT2D eigenvalue weighted by molar-refractivity contribution is 7.47. The fourth-order valence-electron chi connectivity index (χ4n) is 5.18. The Morgan fingerprint density at radius 3 is 1.64 bits per heavy atom. The zero-order valence-electron chi connectivity index (χ0n) is 29.1. The number of hydrogen-bond acceptors (Lipinski definition) is 6. The van der Waals surface area contributed by atoms with Crippen LogP contribution in [0.3, 0.4) is 0 Å². The third-order valence-electron chi connectivity index (χ3n) is 8.02. The summed E-state index contributed by atoms with van der Waals surface area (Å²) >= 11 is 0. The average molecular weight is 659 g/mol. The van der Waals surface area contributed by atoms with E-state index in [0.29, 0.717) is 6.42 Å². The zero-order chi connectivity index (χ0) is 33.3. The number of hydrogen-bond donors (Lipinski definition) is 4. The van der Waals surface area contributed by atoms with Crippen LogP contribution in [0.15, 0.2) is 24.3 Å². The summed E-state index contributed by atoms with van der Waals surface area (Å²) in [6.45, 7) is 4.05. The molecule has 0 heterocycles. The van der Waals surface area contributed by atoms with Crippen LogP contribution < -0.4 is 11.1 Å². The van der Waals surface area contributed by atoms with E-state index >= 15 is 0 Å². The third kappa shape index (κ3) is 31.4. The van der Waals surface area contributed by atoms with E-state index in [4.69, 9.17) is 14.8 Å². The number of carbonyl (C=O) groups excluding carboxylic acids is 1. The van der Waals surface area contributed by atoms with Gasteiger partial charge in [0.1, 0.15) is 0 Å². The summed E-state index contributed by atoms with van der Waals surface area (Å²) in [4.78, 5) is 22.5. The molecule has 3 atom stereocenters. The summed E-state index contributed by atoms with van der Waals surface area (Å²) in [6, 6.07) is -0.855. The van der Waals surface area contributed by atoms with Crippen LogP contribution >= 0.6 is 7.82 Å². The smallest absolute Gasteiger partial charge is 0.387 e. The van der Waals surface area contributed by atoms with E-state index < -0.39 is 20.0 Å². The fourth-order valence-corrected chi connectivity index (χ4v) is 5.94. The van der Waals surface area contributed by atoms with Crippen molar-refractivity contribution in [3.63, 3.8) is 0 Å². The lowest BCUT2D eigenvalue weighted by molar-refractivity contribution is -0.123. The van der Waals surface area contributed by atoms with E-state index in [9.17, 15) is 19.4 Å². The highest BCUT2D eigenvalue weighted by Crippen LogP contribution is 2.43. The van der Waals surface area contributed by atoms with Crippen LogP contribution in [0.25, 0.3) is 0 Å². The fraction of sp³-hybridized carbons (Fsp3) is 0.861. The molecule has 0 aliphatic carbocycles. The Bertz CT molecular complexity index is 764. The normalized spacial score (nSPS) is 14.7. The van der Waals surface area contributed by atoms with Crippen molar-refractivity contribution in [2.24, 2.45) is 5.73 Å². The molecule has 9 heteroatoms. The molecule has 0 aliphatic heterocycles. The Hall–Kier alpha value is -1.02. The molecule has 266 valence electrons. The van der Waals surface area contributed by atoms with Crippen molar-refractivity contribution in [2.75, 3.05) is 19.8 Å². The number of phosphoric ester groups is 1. The first-order chi connectivity index (χ1) is 21.9. The van der Waals surface area contributed by atoms with Gasteiger partial charge < -0.3 is 21.1 Å². The molecule has 0 radical (unpaired) electrons. The maximum Gasteiger partial charge on any atom is 0.472 e. The second-order valence-corrected chi connectivity index (χ2v) is 13.9. The van der Waals surface area contributed by atoms with Crippen molar-refractivity contribution in [3.8, 4) is 0 Å². The quantitative estimate of drug-likeness (QED) is 0.0308. The highest BCUT2D eigenvalue weighted by Gasteiger charge is 2.26. The molecule has 0 aromatic carbocycles. The van der Waals surface area contributed by atoms with E-state index in [0.717, 1.165) is 38.5 Å². The lowest BCUT2D eigenvalue weighted by Gasteiger charge is -2.23. The van der Waals surface area contributed by atoms with Gasteiger partial charge in [0.25, 0.3) is 0 Å². The van der Waals surface area contributed by atoms with Gasteiger partial charge in [-0.15, -0.1) is 0 Å². The summed E-state index contributed by atoms with van der Waals surface area (Å²) in [7, 11) is -4.32. The average Bonchev–Trinajstić information content (AvgIpc) is 3.02. The first kappa shape index (κ1) is 44.0. The summed E-state index contributed by atoms with van der Waals surface area (Å²) in [6.07, 6.45) is 35.3. The van der Waals surface area contributed by atoms with Crippen LogP contribution in [0.2, 0.25) is 0 Å². The van der Waals surface area contributed by atoms with E-state index in [1.54, 1.807) is 6.08 Å². The third-order valence-corrected chi connectivity index (χ3v) is 9.01. The van der Waals surface area contributed by atoms with Crippen LogP contribution in [0.5, 0.6) is 0 Å². The van der Waals surface area contributed by atoms with Crippen molar-refractivity contribution in [1.82, 2.24) is 5.32 Å². The Labute approximate surface area is 277 Å². The van der Waals surface area contributed by atoms with Gasteiger partial charge in [0, 0.05) is 13.0 Å². The first-order valence-corrected chi connectivity index (χ1v) is 20.0. The lowest BCUT2D eigenvalue weighted by Crippen LogP contribution is -2.45. The van der Waals surface area contributed by atoms with Gasteiger partial charge in [-0.25, -0.2) is 4.57 Å². The van der Waals surface area contributed by atoms with E-state index in [-0.39, 0.29) is 25.7 Å². The molecular formula is C36H71N2O6P. The van der Waals surface area contributed by atoms with Gasteiger partial charge in [-0.3, -0.25) is 13.8 Å². The Morgan fingerprint density at radius 2 is 1.16 bits per heavy atom. The number of phosphoric acid groups is 1. The summed E-state index contributed by atoms with van der Waals surface area (Å²) in [5.74, 6) is -0.202. The SMILES string of the molecule is CCCCCCC/C=C/C(O)C(COP(=O)(O)OCCN)NC(=O)CCCCCCCCCCC/C=C\CCCCCCCC. The van der Waals surface area contributed by atoms with Gasteiger partial charge >= 0.3 is 7.82 Å². The molecule has 0 saturated heterocycles. The molecule has 3 unspecified atom stereocenters. The molecule has 0 rings (SSSR count). The minimum absolute atomic E-state index is 0.0783. The maximum atomic E-state index is 12.6.